The molecule has 0 aliphatic heterocycles. The summed E-state index contributed by atoms with van der Waals surface area (Å²) in [6.07, 6.45) is 2.01. The molecule has 0 saturated heterocycles. The van der Waals surface area contributed by atoms with Crippen LogP contribution in [-0.4, -0.2) is 87.6 Å². The monoisotopic (exact) mass is 621 g/mol. The van der Waals surface area contributed by atoms with Crippen molar-refractivity contribution in [1.82, 2.24) is 4.90 Å². The molecule has 10 nitrogen and oxygen atoms in total. The average Bonchev–Trinajstić information content (AvgIpc) is 2.74. The second-order valence-electron chi connectivity index (χ2n) is 13.0. The van der Waals surface area contributed by atoms with E-state index in [9.17, 15) is 19.5 Å². The maximum atomic E-state index is 12.8. The fraction of sp³-hybridized carbons (Fsp3) is 0.800. The average molecular weight is 622 g/mol. The molecule has 0 radical (unpaired) electrons. The number of rotatable bonds is 13. The number of aliphatic hydroxyl groups is 1. The number of hydrogen-bond acceptors (Lipinski definition) is 9. The summed E-state index contributed by atoms with van der Waals surface area (Å²) in [6.45, 7) is 21.1. The summed E-state index contributed by atoms with van der Waals surface area (Å²) in [5.74, 6) is -1.22. The highest BCUT2D eigenvalue weighted by Gasteiger charge is 2.50. The highest BCUT2D eigenvalue weighted by atomic mass is 28.5. The maximum Gasteiger partial charge on any atom is 0.469 e. The van der Waals surface area contributed by atoms with Crippen LogP contribution < -0.4 is 0 Å². The van der Waals surface area contributed by atoms with E-state index >= 15 is 0 Å². The third-order valence-corrected chi connectivity index (χ3v) is 17.7. The van der Waals surface area contributed by atoms with Crippen LogP contribution in [0.15, 0.2) is 12.2 Å². The molecular weight excluding hydrogens is 571 g/mol. The van der Waals surface area contributed by atoms with Crippen molar-refractivity contribution in [2.75, 3.05) is 13.7 Å². The summed E-state index contributed by atoms with van der Waals surface area (Å²) in [4.78, 5) is 37.4. The van der Waals surface area contributed by atoms with Gasteiger partial charge in [0.15, 0.2) is 25.0 Å². The molecule has 1 saturated carbocycles. The molecule has 3 unspecified atom stereocenters. The van der Waals surface area contributed by atoms with E-state index < -0.39 is 63.9 Å². The molecule has 1 fully saturated rings. The lowest BCUT2D eigenvalue weighted by molar-refractivity contribution is -0.135. The molecule has 0 aromatic heterocycles. The van der Waals surface area contributed by atoms with Gasteiger partial charge in [-0.25, -0.2) is 14.5 Å². The smallest absolute Gasteiger partial charge is 0.466 e. The molecule has 39 heavy (non-hydrogen) atoms. The number of carbonyl (C=O) groups excluding carboxylic acids is 3. The zero-order valence-electron chi connectivity index (χ0n) is 25.8. The van der Waals surface area contributed by atoms with E-state index in [2.05, 4.69) is 63.7 Å². The molecule has 2 amide bonds. The summed E-state index contributed by atoms with van der Waals surface area (Å²) < 4.78 is 30.5. The lowest BCUT2D eigenvalue weighted by atomic mass is 9.84. The number of carbonyl (C=O) groups is 3. The molecule has 1 aliphatic carbocycles. The molecule has 1 N–H and O–H groups in total. The lowest BCUT2D eigenvalue weighted by Crippen LogP contribution is -2.60. The fourth-order valence-electron chi connectivity index (χ4n) is 4.45. The van der Waals surface area contributed by atoms with E-state index in [1.807, 2.05) is 0 Å². The summed E-state index contributed by atoms with van der Waals surface area (Å²) >= 11 is 0. The molecule has 3 atom stereocenters. The normalized spacial score (nSPS) is 21.1. The Morgan fingerprint density at radius 1 is 0.872 bits per heavy atom. The molecule has 0 aromatic rings. The van der Waals surface area contributed by atoms with Crippen molar-refractivity contribution in [3.8, 4) is 0 Å². The Kier molecular flexibility index (Phi) is 13.5. The standard InChI is InChI=1S/C25H51NO9Si4/c1-12-26(23(28)15-16-24(29)31-2)25(30)32-22-19-20(13-14-21(22)27)17-18-39(33-36(3,4)5,34-37(6,7)8)35-38(9,10)11/h15-16,20-22,27H,12-14,17-19H2,1-11H3. The molecule has 14 heteroatoms. The van der Waals surface area contributed by atoms with Crippen molar-refractivity contribution in [3.05, 3.63) is 12.2 Å². The largest absolute Gasteiger partial charge is 0.469 e. The minimum Gasteiger partial charge on any atom is -0.466 e. The van der Waals surface area contributed by atoms with Crippen LogP contribution in [-0.2, 0) is 31.4 Å². The first kappa shape index (κ1) is 35.9. The van der Waals surface area contributed by atoms with E-state index in [1.54, 1.807) is 6.92 Å². The summed E-state index contributed by atoms with van der Waals surface area (Å²) in [5.41, 5.74) is 0. The van der Waals surface area contributed by atoms with Crippen molar-refractivity contribution in [2.24, 2.45) is 5.92 Å². The van der Waals surface area contributed by atoms with Gasteiger partial charge in [-0.3, -0.25) is 4.79 Å². The molecule has 226 valence electrons. The van der Waals surface area contributed by atoms with Crippen LogP contribution in [0.4, 0.5) is 4.79 Å². The predicted molar refractivity (Wildman–Crippen MR) is 161 cm³/mol. The van der Waals surface area contributed by atoms with Gasteiger partial charge in [0.1, 0.15) is 6.10 Å². The Labute approximate surface area is 239 Å². The Balaban J connectivity index is 3.03. The SMILES string of the molecule is CCN(C(=O)C=CC(=O)OC)C(=O)OC1CC(CC[Si](O[Si](C)(C)C)(O[Si](C)(C)C)O[Si](C)(C)C)CCC1O. The van der Waals surface area contributed by atoms with Gasteiger partial charge in [-0.1, -0.05) is 0 Å². The number of aliphatic hydroxyl groups excluding tert-OH is 1. The van der Waals surface area contributed by atoms with E-state index in [-0.39, 0.29) is 12.5 Å². The quantitative estimate of drug-likeness (QED) is 0.170. The molecule has 1 rings (SSSR count). The molecule has 0 heterocycles. The van der Waals surface area contributed by atoms with Gasteiger partial charge >= 0.3 is 20.9 Å². The van der Waals surface area contributed by atoms with Crippen molar-refractivity contribution in [2.45, 2.75) is 110 Å². The number of hydrogen-bond donors (Lipinski definition) is 1. The van der Waals surface area contributed by atoms with Crippen molar-refractivity contribution < 1.29 is 41.3 Å². The number of amides is 2. The Bertz CT molecular complexity index is 824. The maximum absolute atomic E-state index is 12.8. The van der Waals surface area contributed by atoms with Gasteiger partial charge in [-0.2, -0.15) is 0 Å². The first-order valence-electron chi connectivity index (χ1n) is 13.8. The van der Waals surface area contributed by atoms with Gasteiger partial charge in [0.2, 0.25) is 0 Å². The minimum atomic E-state index is -3.00. The summed E-state index contributed by atoms with van der Waals surface area (Å²) in [6, 6.07) is 0.672. The van der Waals surface area contributed by atoms with Crippen molar-refractivity contribution >= 4 is 51.7 Å². The number of imide groups is 1. The zero-order chi connectivity index (χ0) is 30.2. The predicted octanol–water partition coefficient (Wildman–Crippen LogP) is 5.11. The minimum absolute atomic E-state index is 0.0552. The number of methoxy groups -OCH3 is 1. The van der Waals surface area contributed by atoms with Crippen LogP contribution in [0.3, 0.4) is 0 Å². The van der Waals surface area contributed by atoms with Gasteiger partial charge in [-0.15, -0.1) is 0 Å². The van der Waals surface area contributed by atoms with E-state index in [0.717, 1.165) is 29.9 Å². The highest BCUT2D eigenvalue weighted by Crippen LogP contribution is 2.36. The summed E-state index contributed by atoms with van der Waals surface area (Å²) in [5, 5.41) is 10.6. The third kappa shape index (κ3) is 13.9. The van der Waals surface area contributed by atoms with E-state index in [0.29, 0.717) is 18.9 Å². The second-order valence-corrected chi connectivity index (χ2v) is 30.0. The van der Waals surface area contributed by atoms with Crippen LogP contribution in [0.1, 0.15) is 32.6 Å². The molecule has 0 aromatic carbocycles. The second kappa shape index (κ2) is 14.7. The molecule has 1 aliphatic rings. The lowest BCUT2D eigenvalue weighted by Gasteiger charge is -2.43. The zero-order valence-corrected chi connectivity index (χ0v) is 29.8. The van der Waals surface area contributed by atoms with Gasteiger partial charge < -0.3 is 26.9 Å². The Morgan fingerprint density at radius 2 is 1.38 bits per heavy atom. The first-order chi connectivity index (χ1) is 17.7. The van der Waals surface area contributed by atoms with Crippen LogP contribution in [0.25, 0.3) is 0 Å². The number of nitrogens with zero attached hydrogens (tertiary/aromatic N) is 1. The fourth-order valence-corrected chi connectivity index (χ4v) is 19.3. The number of likely N-dealkylation sites (N-methyl/N-ethyl adjacent to an activating group) is 1. The van der Waals surface area contributed by atoms with E-state index in [4.69, 9.17) is 17.1 Å². The Hall–Kier alpha value is -1.14. The van der Waals surface area contributed by atoms with Gasteiger partial charge in [0, 0.05) is 24.7 Å². The van der Waals surface area contributed by atoms with Crippen LogP contribution in [0.5, 0.6) is 0 Å². The van der Waals surface area contributed by atoms with Gasteiger partial charge in [0.05, 0.1) is 13.2 Å². The van der Waals surface area contributed by atoms with Crippen molar-refractivity contribution in [3.63, 3.8) is 0 Å². The molecule has 0 bridgehead atoms. The summed E-state index contributed by atoms with van der Waals surface area (Å²) in [7, 11) is -7.79. The van der Waals surface area contributed by atoms with Crippen molar-refractivity contribution in [1.29, 1.82) is 0 Å². The molecular formula is C25H51NO9Si4. The van der Waals surface area contributed by atoms with Crippen LogP contribution in [0, 0.1) is 5.92 Å². The number of ether oxygens (including phenoxy) is 2. The van der Waals surface area contributed by atoms with E-state index in [1.165, 1.54) is 7.11 Å². The van der Waals surface area contributed by atoms with Crippen LogP contribution in [0.2, 0.25) is 65.0 Å². The Morgan fingerprint density at radius 3 is 1.82 bits per heavy atom. The topological polar surface area (TPSA) is 121 Å². The number of esters is 1. The van der Waals surface area contributed by atoms with Gasteiger partial charge in [-0.05, 0) is 97.4 Å². The third-order valence-electron chi connectivity index (χ3n) is 5.73. The molecule has 0 spiro atoms. The highest BCUT2D eigenvalue weighted by molar-refractivity contribution is 6.90. The van der Waals surface area contributed by atoms with Gasteiger partial charge in [0.25, 0.3) is 5.91 Å². The first-order valence-corrected chi connectivity index (χ1v) is 25.9. The van der Waals surface area contributed by atoms with Crippen LogP contribution >= 0.6 is 0 Å².